The number of rotatable bonds is 3. The van der Waals surface area contributed by atoms with Gasteiger partial charge >= 0.3 is 0 Å². The Morgan fingerprint density at radius 1 is 1.21 bits per heavy atom. The maximum atomic E-state index is 12.4. The van der Waals surface area contributed by atoms with E-state index in [2.05, 4.69) is 0 Å². The largest absolute Gasteiger partial charge is 0.273 e. The van der Waals surface area contributed by atoms with Crippen LogP contribution in [-0.4, -0.2) is 32.6 Å². The van der Waals surface area contributed by atoms with Crippen LogP contribution >= 0.6 is 0 Å². The molecule has 1 aromatic carbocycles. The molecule has 0 fully saturated rings. The Balaban J connectivity index is 2.49. The molecule has 0 spiro atoms. The van der Waals surface area contributed by atoms with Gasteiger partial charge in [-0.05, 0) is 25.5 Å². The van der Waals surface area contributed by atoms with Crippen molar-refractivity contribution < 1.29 is 13.8 Å². The Bertz CT molecular complexity index is 566. The molecule has 0 saturated carbocycles. The average molecular weight is 279 g/mol. The van der Waals surface area contributed by atoms with Crippen molar-refractivity contribution in [2.24, 2.45) is 0 Å². The van der Waals surface area contributed by atoms with Gasteiger partial charge in [-0.25, -0.2) is 0 Å². The second kappa shape index (κ2) is 4.89. The predicted molar refractivity (Wildman–Crippen MR) is 74.2 cm³/mol. The smallest absolute Gasteiger partial charge is 0.261 e. The molecule has 0 bridgehead atoms. The third kappa shape index (κ3) is 2.23. The van der Waals surface area contributed by atoms with E-state index in [9.17, 15) is 13.8 Å². The number of benzene rings is 1. The molecule has 102 valence electrons. The summed E-state index contributed by atoms with van der Waals surface area (Å²) in [4.78, 5) is 25.9. The zero-order chi connectivity index (χ0) is 14.2. The number of hydrogen-bond acceptors (Lipinski definition) is 3. The third-order valence-electron chi connectivity index (χ3n) is 3.45. The minimum Gasteiger partial charge on any atom is -0.273 e. The van der Waals surface area contributed by atoms with Crippen LogP contribution in [0.1, 0.15) is 36.7 Å². The van der Waals surface area contributed by atoms with Gasteiger partial charge in [0.2, 0.25) is 5.91 Å². The fourth-order valence-electron chi connectivity index (χ4n) is 2.26. The van der Waals surface area contributed by atoms with E-state index in [-0.39, 0.29) is 17.7 Å². The lowest BCUT2D eigenvalue weighted by atomic mass is 9.77. The van der Waals surface area contributed by atoms with Gasteiger partial charge in [0.05, 0.1) is 5.41 Å². The Morgan fingerprint density at radius 2 is 1.84 bits per heavy atom. The summed E-state index contributed by atoms with van der Waals surface area (Å²) in [6, 6.07) is 7.12. The van der Waals surface area contributed by atoms with Crippen molar-refractivity contribution in [3.05, 3.63) is 35.4 Å². The van der Waals surface area contributed by atoms with Crippen LogP contribution in [0.4, 0.5) is 0 Å². The summed E-state index contributed by atoms with van der Waals surface area (Å²) in [6.45, 7) is 5.36. The van der Waals surface area contributed by atoms with Crippen molar-refractivity contribution in [1.82, 2.24) is 4.90 Å². The predicted octanol–water partition coefficient (Wildman–Crippen LogP) is 1.67. The van der Waals surface area contributed by atoms with E-state index in [4.69, 9.17) is 0 Å². The molecule has 19 heavy (non-hydrogen) atoms. The second-order valence-electron chi connectivity index (χ2n) is 5.07. The molecule has 1 atom stereocenters. The van der Waals surface area contributed by atoms with Crippen molar-refractivity contribution in [3.8, 4) is 0 Å². The van der Waals surface area contributed by atoms with Crippen LogP contribution in [-0.2, 0) is 21.0 Å². The number of amides is 2. The summed E-state index contributed by atoms with van der Waals surface area (Å²) < 4.78 is 11.7. The molecule has 1 heterocycles. The Morgan fingerprint density at radius 3 is 2.47 bits per heavy atom. The van der Waals surface area contributed by atoms with Crippen LogP contribution in [0.25, 0.3) is 0 Å². The third-order valence-corrected chi connectivity index (χ3v) is 4.64. The van der Waals surface area contributed by atoms with Gasteiger partial charge in [-0.1, -0.05) is 25.1 Å². The van der Waals surface area contributed by atoms with E-state index in [1.54, 1.807) is 39.0 Å². The van der Waals surface area contributed by atoms with Crippen LogP contribution in [0.3, 0.4) is 0 Å². The number of carbonyl (C=O) groups is 2. The summed E-state index contributed by atoms with van der Waals surface area (Å²) in [5.41, 5.74) is 0.506. The first kappa shape index (κ1) is 13.9. The van der Waals surface area contributed by atoms with Crippen molar-refractivity contribution in [1.29, 1.82) is 0 Å². The van der Waals surface area contributed by atoms with Crippen molar-refractivity contribution >= 4 is 22.6 Å². The first-order valence-electron chi connectivity index (χ1n) is 6.20. The van der Waals surface area contributed by atoms with E-state index < -0.39 is 16.2 Å². The number of imide groups is 1. The van der Waals surface area contributed by atoms with Gasteiger partial charge in [-0.15, -0.1) is 0 Å². The SMILES string of the molecule is CCS(=O)CN1C(=O)c2ccccc2C(C)(C)C1=O. The maximum Gasteiger partial charge on any atom is 0.261 e. The molecule has 0 saturated heterocycles. The lowest BCUT2D eigenvalue weighted by molar-refractivity contribution is -0.133. The molecule has 1 aromatic rings. The minimum absolute atomic E-state index is 0.0219. The monoisotopic (exact) mass is 279 g/mol. The highest BCUT2D eigenvalue weighted by molar-refractivity contribution is 7.84. The van der Waals surface area contributed by atoms with Crippen molar-refractivity contribution in [2.45, 2.75) is 26.2 Å². The van der Waals surface area contributed by atoms with E-state index in [1.807, 2.05) is 6.07 Å². The summed E-state index contributed by atoms with van der Waals surface area (Å²) in [5, 5.41) is 0. The molecular weight excluding hydrogens is 262 g/mol. The Kier molecular flexibility index (Phi) is 3.58. The highest BCUT2D eigenvalue weighted by Gasteiger charge is 2.44. The highest BCUT2D eigenvalue weighted by Crippen LogP contribution is 2.34. The first-order chi connectivity index (χ1) is 8.89. The number of carbonyl (C=O) groups excluding carboxylic acids is 2. The maximum absolute atomic E-state index is 12.4. The highest BCUT2D eigenvalue weighted by atomic mass is 32.2. The first-order valence-corrected chi connectivity index (χ1v) is 7.69. The van der Waals surface area contributed by atoms with Crippen LogP contribution in [0.5, 0.6) is 0 Å². The van der Waals surface area contributed by atoms with Crippen LogP contribution < -0.4 is 0 Å². The lowest BCUT2D eigenvalue weighted by Gasteiger charge is -2.37. The molecule has 4 nitrogen and oxygen atoms in total. The summed E-state index contributed by atoms with van der Waals surface area (Å²) in [7, 11) is -1.19. The van der Waals surface area contributed by atoms with Gasteiger partial charge < -0.3 is 0 Å². The van der Waals surface area contributed by atoms with Crippen LogP contribution in [0.2, 0.25) is 0 Å². The second-order valence-corrected chi connectivity index (χ2v) is 6.78. The molecule has 0 N–H and O–H groups in total. The standard InChI is InChI=1S/C14H17NO3S/c1-4-19(18)9-15-12(16)10-7-5-6-8-11(10)14(2,3)13(15)17/h5-8H,4,9H2,1-3H3. The minimum atomic E-state index is -1.19. The molecule has 1 unspecified atom stereocenters. The molecule has 0 radical (unpaired) electrons. The van der Waals surface area contributed by atoms with Gasteiger partial charge in [-0.3, -0.25) is 18.7 Å². The fourth-order valence-corrected chi connectivity index (χ4v) is 2.96. The summed E-state index contributed by atoms with van der Waals surface area (Å²) in [5.74, 6) is -0.217. The van der Waals surface area contributed by atoms with E-state index in [0.717, 1.165) is 10.5 Å². The normalized spacial score (nSPS) is 19.2. The van der Waals surface area contributed by atoms with Gasteiger partial charge in [0.15, 0.2) is 0 Å². The molecular formula is C14H17NO3S. The molecule has 2 rings (SSSR count). The average Bonchev–Trinajstić information content (AvgIpc) is 2.41. The van der Waals surface area contributed by atoms with Crippen molar-refractivity contribution in [3.63, 3.8) is 0 Å². The molecule has 1 aliphatic heterocycles. The van der Waals surface area contributed by atoms with Gasteiger partial charge in [0.25, 0.3) is 5.91 Å². The van der Waals surface area contributed by atoms with E-state index in [0.29, 0.717) is 11.3 Å². The zero-order valence-electron chi connectivity index (χ0n) is 11.3. The Hall–Kier alpha value is -1.49. The number of nitrogens with zero attached hydrogens (tertiary/aromatic N) is 1. The Labute approximate surface area is 115 Å². The van der Waals surface area contributed by atoms with Crippen molar-refractivity contribution in [2.75, 3.05) is 11.6 Å². The zero-order valence-corrected chi connectivity index (χ0v) is 12.1. The summed E-state index contributed by atoms with van der Waals surface area (Å²) >= 11 is 0. The fraction of sp³-hybridized carbons (Fsp3) is 0.429. The van der Waals surface area contributed by atoms with Gasteiger partial charge in [-0.2, -0.15) is 0 Å². The molecule has 2 amide bonds. The molecule has 1 aliphatic rings. The number of hydrogen-bond donors (Lipinski definition) is 0. The van der Waals surface area contributed by atoms with Gasteiger partial charge in [0.1, 0.15) is 5.88 Å². The quantitative estimate of drug-likeness (QED) is 0.791. The molecule has 0 aliphatic carbocycles. The molecule has 5 heteroatoms. The van der Waals surface area contributed by atoms with Crippen LogP contribution in [0.15, 0.2) is 24.3 Å². The van der Waals surface area contributed by atoms with Gasteiger partial charge in [0, 0.05) is 22.1 Å². The van der Waals surface area contributed by atoms with E-state index in [1.165, 1.54) is 0 Å². The summed E-state index contributed by atoms with van der Waals surface area (Å²) in [6.07, 6.45) is 0. The van der Waals surface area contributed by atoms with Crippen LogP contribution in [0, 0.1) is 0 Å². The topological polar surface area (TPSA) is 54.5 Å². The van der Waals surface area contributed by atoms with E-state index >= 15 is 0 Å². The number of fused-ring (bicyclic) bond motifs is 1. The molecule has 0 aromatic heterocycles. The lowest BCUT2D eigenvalue weighted by Crippen LogP contribution is -2.52.